The summed E-state index contributed by atoms with van der Waals surface area (Å²) >= 11 is 1.44. The third kappa shape index (κ3) is 4.33. The summed E-state index contributed by atoms with van der Waals surface area (Å²) in [4.78, 5) is 25.9. The summed E-state index contributed by atoms with van der Waals surface area (Å²) in [5, 5.41) is 4.26. The van der Waals surface area contributed by atoms with Gasteiger partial charge < -0.3 is 14.8 Å². The van der Waals surface area contributed by atoms with Gasteiger partial charge >= 0.3 is 0 Å². The summed E-state index contributed by atoms with van der Waals surface area (Å²) in [6.07, 6.45) is 6.96. The number of fused-ring (bicyclic) bond motifs is 1. The summed E-state index contributed by atoms with van der Waals surface area (Å²) in [5.41, 5.74) is 1.51. The van der Waals surface area contributed by atoms with Crippen molar-refractivity contribution in [3.8, 4) is 17.2 Å². The monoisotopic (exact) mass is 406 g/mol. The molecule has 146 valence electrons. The van der Waals surface area contributed by atoms with E-state index in [-0.39, 0.29) is 12.3 Å². The molecule has 4 rings (SSSR count). The van der Waals surface area contributed by atoms with E-state index >= 15 is 0 Å². The zero-order valence-electron chi connectivity index (χ0n) is 15.9. The Labute approximate surface area is 171 Å². The smallest absolute Gasteiger partial charge is 0.230 e. The number of anilines is 1. The van der Waals surface area contributed by atoms with Gasteiger partial charge in [0.15, 0.2) is 5.13 Å². The molecule has 0 saturated carbocycles. The minimum atomic E-state index is -0.154. The van der Waals surface area contributed by atoms with Crippen LogP contribution >= 0.6 is 11.3 Å². The number of ether oxygens (including phenoxy) is 2. The van der Waals surface area contributed by atoms with E-state index in [1.165, 1.54) is 11.3 Å². The Morgan fingerprint density at radius 3 is 2.79 bits per heavy atom. The molecule has 29 heavy (non-hydrogen) atoms. The van der Waals surface area contributed by atoms with Gasteiger partial charge in [-0.1, -0.05) is 6.07 Å². The fourth-order valence-electron chi connectivity index (χ4n) is 2.87. The van der Waals surface area contributed by atoms with Crippen LogP contribution in [0.5, 0.6) is 17.2 Å². The number of methoxy groups -OCH3 is 1. The number of hydrogen-bond donors (Lipinski definition) is 1. The maximum Gasteiger partial charge on any atom is 0.230 e. The number of nitrogens with zero attached hydrogens (tertiary/aromatic N) is 3. The first-order valence-electron chi connectivity index (χ1n) is 8.88. The van der Waals surface area contributed by atoms with E-state index in [4.69, 9.17) is 9.47 Å². The van der Waals surface area contributed by atoms with Crippen molar-refractivity contribution in [3.63, 3.8) is 0 Å². The summed E-state index contributed by atoms with van der Waals surface area (Å²) in [5.74, 6) is 1.70. The van der Waals surface area contributed by atoms with Crippen molar-refractivity contribution in [3.05, 3.63) is 65.6 Å². The summed E-state index contributed by atoms with van der Waals surface area (Å²) in [6, 6.07) is 9.06. The van der Waals surface area contributed by atoms with Crippen LogP contribution in [-0.2, 0) is 11.2 Å². The predicted molar refractivity (Wildman–Crippen MR) is 112 cm³/mol. The van der Waals surface area contributed by atoms with E-state index in [1.807, 2.05) is 25.1 Å². The first kappa shape index (κ1) is 18.8. The van der Waals surface area contributed by atoms with Crippen LogP contribution in [0.15, 0.2) is 55.1 Å². The summed E-state index contributed by atoms with van der Waals surface area (Å²) in [6.45, 7) is 1.94. The van der Waals surface area contributed by atoms with Crippen LogP contribution in [-0.4, -0.2) is 28.0 Å². The molecule has 3 heterocycles. The standard InChI is InChI=1S/C21H18N4O3S/c1-13-11-24-21(29-13)25-20(26)9-14-3-4-15(10-19(14)27-2)28-18-6-8-23-17-12-22-7-5-16(17)18/h3-8,10-12H,9H2,1-2H3,(H,24,25,26). The van der Waals surface area contributed by atoms with Crippen molar-refractivity contribution in [1.29, 1.82) is 0 Å². The lowest BCUT2D eigenvalue weighted by Crippen LogP contribution is -2.14. The van der Waals surface area contributed by atoms with Crippen LogP contribution < -0.4 is 14.8 Å². The van der Waals surface area contributed by atoms with Crippen molar-refractivity contribution in [2.45, 2.75) is 13.3 Å². The molecule has 3 aromatic heterocycles. The van der Waals surface area contributed by atoms with Crippen molar-refractivity contribution in [1.82, 2.24) is 15.0 Å². The molecule has 0 bridgehead atoms. The Bertz CT molecular complexity index is 1170. The Morgan fingerprint density at radius 1 is 1.10 bits per heavy atom. The van der Waals surface area contributed by atoms with E-state index in [2.05, 4.69) is 20.3 Å². The topological polar surface area (TPSA) is 86.2 Å². The number of pyridine rings is 2. The predicted octanol–water partition coefficient (Wildman–Crippen LogP) is 4.38. The fourth-order valence-corrected chi connectivity index (χ4v) is 3.55. The van der Waals surface area contributed by atoms with Gasteiger partial charge in [-0.2, -0.15) is 0 Å². The highest BCUT2D eigenvalue weighted by Crippen LogP contribution is 2.32. The largest absolute Gasteiger partial charge is 0.496 e. The zero-order valence-corrected chi connectivity index (χ0v) is 16.7. The van der Waals surface area contributed by atoms with Crippen LogP contribution in [0.3, 0.4) is 0 Å². The molecule has 0 spiro atoms. The molecule has 0 atom stereocenters. The molecule has 0 saturated heterocycles. The number of carbonyl (C=O) groups is 1. The third-order valence-corrected chi connectivity index (χ3v) is 5.04. The molecule has 0 aliphatic heterocycles. The Kier molecular flexibility index (Phi) is 5.35. The first-order chi connectivity index (χ1) is 14.1. The fraction of sp³-hybridized carbons (Fsp3) is 0.143. The van der Waals surface area contributed by atoms with Crippen LogP contribution in [0.2, 0.25) is 0 Å². The molecule has 1 N–H and O–H groups in total. The molecule has 0 radical (unpaired) electrons. The van der Waals surface area contributed by atoms with Crippen molar-refractivity contribution in [2.24, 2.45) is 0 Å². The van der Waals surface area contributed by atoms with E-state index in [0.29, 0.717) is 22.4 Å². The van der Waals surface area contributed by atoms with Crippen LogP contribution in [0.1, 0.15) is 10.4 Å². The quantitative estimate of drug-likeness (QED) is 0.511. The van der Waals surface area contributed by atoms with Crippen LogP contribution in [0.25, 0.3) is 10.9 Å². The summed E-state index contributed by atoms with van der Waals surface area (Å²) < 4.78 is 11.5. The number of carbonyl (C=O) groups excluding carboxylic acids is 1. The second-order valence-electron chi connectivity index (χ2n) is 6.28. The highest BCUT2D eigenvalue weighted by Gasteiger charge is 2.13. The van der Waals surface area contributed by atoms with Crippen LogP contribution in [0, 0.1) is 6.92 Å². The van der Waals surface area contributed by atoms with Crippen LogP contribution in [0.4, 0.5) is 5.13 Å². The third-order valence-electron chi connectivity index (χ3n) is 4.21. The number of rotatable bonds is 6. The number of amides is 1. The molecule has 0 aliphatic rings. The van der Waals surface area contributed by atoms with Crippen molar-refractivity contribution in [2.75, 3.05) is 12.4 Å². The average molecular weight is 406 g/mol. The van der Waals surface area contributed by atoms with Gasteiger partial charge in [0.2, 0.25) is 5.91 Å². The zero-order chi connectivity index (χ0) is 20.2. The molecular formula is C21H18N4O3S. The highest BCUT2D eigenvalue weighted by molar-refractivity contribution is 7.15. The second-order valence-corrected chi connectivity index (χ2v) is 7.51. The maximum atomic E-state index is 12.3. The second kappa shape index (κ2) is 8.24. The number of hydrogen-bond acceptors (Lipinski definition) is 7. The molecule has 4 aromatic rings. The van der Waals surface area contributed by atoms with Gasteiger partial charge in [-0.15, -0.1) is 11.3 Å². The van der Waals surface area contributed by atoms with Gasteiger partial charge in [-0.05, 0) is 25.1 Å². The van der Waals surface area contributed by atoms with Gasteiger partial charge in [0.25, 0.3) is 0 Å². The van der Waals surface area contributed by atoms with E-state index < -0.39 is 0 Å². The van der Waals surface area contributed by atoms with Gasteiger partial charge in [-0.3, -0.25) is 14.8 Å². The van der Waals surface area contributed by atoms with Crippen molar-refractivity contribution >= 4 is 33.3 Å². The maximum absolute atomic E-state index is 12.3. The molecule has 0 unspecified atom stereocenters. The number of aryl methyl sites for hydroxylation is 1. The lowest BCUT2D eigenvalue weighted by Gasteiger charge is -2.12. The van der Waals surface area contributed by atoms with Crippen molar-refractivity contribution < 1.29 is 14.3 Å². The Balaban J connectivity index is 1.52. The summed E-state index contributed by atoms with van der Waals surface area (Å²) in [7, 11) is 1.57. The normalized spacial score (nSPS) is 10.7. The molecule has 7 nitrogen and oxygen atoms in total. The van der Waals surface area contributed by atoms with Gasteiger partial charge in [-0.25, -0.2) is 4.98 Å². The number of thiazole rings is 1. The van der Waals surface area contributed by atoms with Gasteiger partial charge in [0.1, 0.15) is 17.2 Å². The molecule has 1 amide bonds. The minimum Gasteiger partial charge on any atom is -0.496 e. The van der Waals surface area contributed by atoms with Gasteiger partial charge in [0, 0.05) is 40.5 Å². The SMILES string of the molecule is COc1cc(Oc2ccnc3cnccc23)ccc1CC(=O)Nc1ncc(C)s1. The molecule has 8 heteroatoms. The number of aromatic nitrogens is 3. The molecule has 0 aliphatic carbocycles. The Morgan fingerprint density at radius 2 is 2.00 bits per heavy atom. The van der Waals surface area contributed by atoms with E-state index in [1.54, 1.807) is 44.0 Å². The Hall–Kier alpha value is -3.52. The molecule has 0 fully saturated rings. The number of benzene rings is 1. The first-order valence-corrected chi connectivity index (χ1v) is 9.70. The van der Waals surface area contributed by atoms with E-state index in [0.717, 1.165) is 21.3 Å². The van der Waals surface area contributed by atoms with E-state index in [9.17, 15) is 4.79 Å². The minimum absolute atomic E-state index is 0.154. The molecule has 1 aromatic carbocycles. The van der Waals surface area contributed by atoms with Gasteiger partial charge in [0.05, 0.1) is 25.2 Å². The number of nitrogens with one attached hydrogen (secondary N) is 1. The highest BCUT2D eigenvalue weighted by atomic mass is 32.1. The molecular weight excluding hydrogens is 388 g/mol. The lowest BCUT2D eigenvalue weighted by atomic mass is 10.1. The average Bonchev–Trinajstić information content (AvgIpc) is 3.13. The lowest BCUT2D eigenvalue weighted by molar-refractivity contribution is -0.115.